The molecule has 2 aromatic rings. The van der Waals surface area contributed by atoms with Gasteiger partial charge < -0.3 is 5.32 Å². The number of nitrogens with zero attached hydrogens (tertiary/aromatic N) is 3. The van der Waals surface area contributed by atoms with Crippen molar-refractivity contribution in [2.45, 2.75) is 20.3 Å². The van der Waals surface area contributed by atoms with Gasteiger partial charge in [0.15, 0.2) is 0 Å². The third kappa shape index (κ3) is 2.54. The molecule has 0 aliphatic heterocycles. The molecule has 0 radical (unpaired) electrons. The highest BCUT2D eigenvalue weighted by Gasteiger charge is 2.15. The number of benzene rings is 1. The topological polar surface area (TPSA) is 70.7 Å². The Bertz CT molecular complexity index is 694. The van der Waals surface area contributed by atoms with Gasteiger partial charge in [-0.1, -0.05) is 19.1 Å². The van der Waals surface area contributed by atoms with Crippen LogP contribution >= 0.6 is 0 Å². The number of amides is 1. The fourth-order valence-electron chi connectivity index (χ4n) is 2.02. The zero-order chi connectivity index (χ0) is 14.7. The van der Waals surface area contributed by atoms with Crippen LogP contribution in [0.25, 0.3) is 0 Å². The van der Waals surface area contributed by atoms with E-state index in [0.29, 0.717) is 16.9 Å². The summed E-state index contributed by atoms with van der Waals surface area (Å²) in [7, 11) is 1.73. The minimum Gasteiger partial charge on any atom is -0.319 e. The van der Waals surface area contributed by atoms with Crippen molar-refractivity contribution >= 4 is 11.6 Å². The smallest absolute Gasteiger partial charge is 0.273 e. The zero-order valence-corrected chi connectivity index (χ0v) is 11.8. The molecular weight excluding hydrogens is 252 g/mol. The van der Waals surface area contributed by atoms with Gasteiger partial charge in [-0.3, -0.25) is 9.48 Å². The second-order valence-corrected chi connectivity index (χ2v) is 4.56. The van der Waals surface area contributed by atoms with E-state index in [4.69, 9.17) is 5.26 Å². The van der Waals surface area contributed by atoms with Crippen LogP contribution in [0.15, 0.2) is 24.3 Å². The molecule has 0 unspecified atom stereocenters. The maximum absolute atomic E-state index is 12.3. The average molecular weight is 268 g/mol. The van der Waals surface area contributed by atoms with Crippen molar-refractivity contribution in [3.8, 4) is 6.07 Å². The Labute approximate surface area is 117 Å². The van der Waals surface area contributed by atoms with Crippen molar-refractivity contribution in [1.29, 1.82) is 5.26 Å². The minimum absolute atomic E-state index is 0.262. The summed E-state index contributed by atoms with van der Waals surface area (Å²) in [6.45, 7) is 3.83. The van der Waals surface area contributed by atoms with Crippen LogP contribution in [0, 0.1) is 18.3 Å². The lowest BCUT2D eigenvalue weighted by Gasteiger charge is -2.08. The SMILES string of the molecule is CCc1cc(C(=O)Nc2cccc(C)c2C#N)n(C)n1. The molecule has 0 fully saturated rings. The molecule has 20 heavy (non-hydrogen) atoms. The fraction of sp³-hybridized carbons (Fsp3) is 0.267. The van der Waals surface area contributed by atoms with E-state index >= 15 is 0 Å². The number of hydrogen-bond donors (Lipinski definition) is 1. The van der Waals surface area contributed by atoms with Crippen molar-refractivity contribution in [1.82, 2.24) is 9.78 Å². The summed E-state index contributed by atoms with van der Waals surface area (Å²) in [5, 5.41) is 16.2. The van der Waals surface area contributed by atoms with Crippen LogP contribution in [0.3, 0.4) is 0 Å². The van der Waals surface area contributed by atoms with Gasteiger partial charge in [0.2, 0.25) is 0 Å². The second kappa shape index (κ2) is 5.57. The van der Waals surface area contributed by atoms with E-state index in [0.717, 1.165) is 17.7 Å². The maximum atomic E-state index is 12.3. The molecule has 5 heteroatoms. The van der Waals surface area contributed by atoms with Crippen molar-refractivity contribution in [3.05, 3.63) is 46.8 Å². The summed E-state index contributed by atoms with van der Waals surface area (Å²) < 4.78 is 1.55. The van der Waals surface area contributed by atoms with E-state index in [1.165, 1.54) is 0 Å². The lowest BCUT2D eigenvalue weighted by atomic mass is 10.1. The van der Waals surface area contributed by atoms with Crippen LogP contribution < -0.4 is 5.32 Å². The first-order chi connectivity index (χ1) is 9.56. The molecule has 0 spiro atoms. The van der Waals surface area contributed by atoms with Crippen LogP contribution in [-0.4, -0.2) is 15.7 Å². The number of aromatic nitrogens is 2. The standard InChI is InChI=1S/C15H16N4O/c1-4-11-8-14(19(3)18-11)15(20)17-13-7-5-6-10(2)12(13)9-16/h5-8H,4H2,1-3H3,(H,17,20). The first-order valence-electron chi connectivity index (χ1n) is 6.40. The van der Waals surface area contributed by atoms with Crippen molar-refractivity contribution in [2.75, 3.05) is 5.32 Å². The quantitative estimate of drug-likeness (QED) is 0.929. The van der Waals surface area contributed by atoms with Crippen LogP contribution in [0.1, 0.15) is 34.2 Å². The van der Waals surface area contributed by atoms with Crippen molar-refractivity contribution < 1.29 is 4.79 Å². The monoisotopic (exact) mass is 268 g/mol. The van der Waals surface area contributed by atoms with E-state index < -0.39 is 0 Å². The van der Waals surface area contributed by atoms with Crippen LogP contribution in [0.4, 0.5) is 5.69 Å². The van der Waals surface area contributed by atoms with Gasteiger partial charge in [0.25, 0.3) is 5.91 Å². The Morgan fingerprint density at radius 1 is 1.50 bits per heavy atom. The van der Waals surface area contributed by atoms with Gasteiger partial charge in [-0.15, -0.1) is 0 Å². The zero-order valence-electron chi connectivity index (χ0n) is 11.8. The summed E-state index contributed by atoms with van der Waals surface area (Å²) in [4.78, 5) is 12.3. The second-order valence-electron chi connectivity index (χ2n) is 4.56. The number of anilines is 1. The van der Waals surface area contributed by atoms with E-state index in [1.54, 1.807) is 23.9 Å². The number of carbonyl (C=O) groups is 1. The Balaban J connectivity index is 2.31. The van der Waals surface area contributed by atoms with E-state index in [1.807, 2.05) is 26.0 Å². The van der Waals surface area contributed by atoms with E-state index in [9.17, 15) is 4.79 Å². The normalized spacial score (nSPS) is 10.1. The molecule has 1 aromatic carbocycles. The summed E-state index contributed by atoms with van der Waals surface area (Å²) in [5.74, 6) is -0.262. The number of nitrogens with one attached hydrogen (secondary N) is 1. The van der Waals surface area contributed by atoms with Crippen molar-refractivity contribution in [2.24, 2.45) is 7.05 Å². The molecule has 0 aliphatic carbocycles. The Kier molecular flexibility index (Phi) is 3.85. The predicted molar refractivity (Wildman–Crippen MR) is 76.4 cm³/mol. The van der Waals surface area contributed by atoms with Gasteiger partial charge in [0.05, 0.1) is 16.9 Å². The third-order valence-corrected chi connectivity index (χ3v) is 3.16. The minimum atomic E-state index is -0.262. The highest BCUT2D eigenvalue weighted by molar-refractivity contribution is 6.03. The van der Waals surface area contributed by atoms with Crippen LogP contribution in [0.5, 0.6) is 0 Å². The molecule has 5 nitrogen and oxygen atoms in total. The van der Waals surface area contributed by atoms with E-state index in [2.05, 4.69) is 16.5 Å². The van der Waals surface area contributed by atoms with E-state index in [-0.39, 0.29) is 5.91 Å². The molecule has 1 heterocycles. The number of hydrogen-bond acceptors (Lipinski definition) is 3. The molecule has 102 valence electrons. The lowest BCUT2D eigenvalue weighted by Crippen LogP contribution is -2.17. The maximum Gasteiger partial charge on any atom is 0.273 e. The molecule has 0 saturated heterocycles. The molecule has 0 bridgehead atoms. The summed E-state index contributed by atoms with van der Waals surface area (Å²) in [6.07, 6.45) is 0.773. The molecule has 0 atom stereocenters. The Morgan fingerprint density at radius 3 is 2.85 bits per heavy atom. The highest BCUT2D eigenvalue weighted by atomic mass is 16.2. The first kappa shape index (κ1) is 13.8. The number of aryl methyl sites for hydroxylation is 3. The molecule has 0 saturated carbocycles. The molecule has 0 aliphatic rings. The number of nitriles is 1. The molecule has 1 amide bonds. The molecule has 2 rings (SSSR count). The highest BCUT2D eigenvalue weighted by Crippen LogP contribution is 2.19. The van der Waals surface area contributed by atoms with Gasteiger partial charge in [-0.25, -0.2) is 0 Å². The molecule has 1 aromatic heterocycles. The third-order valence-electron chi connectivity index (χ3n) is 3.16. The Hall–Kier alpha value is -2.61. The van der Waals surface area contributed by atoms with Gasteiger partial charge in [0.1, 0.15) is 11.8 Å². The summed E-state index contributed by atoms with van der Waals surface area (Å²) in [5.41, 5.74) is 3.19. The van der Waals surface area contributed by atoms with Gasteiger partial charge in [-0.05, 0) is 31.0 Å². The average Bonchev–Trinajstić information content (AvgIpc) is 2.80. The first-order valence-corrected chi connectivity index (χ1v) is 6.40. The van der Waals surface area contributed by atoms with Crippen LogP contribution in [0.2, 0.25) is 0 Å². The van der Waals surface area contributed by atoms with Crippen molar-refractivity contribution in [3.63, 3.8) is 0 Å². The predicted octanol–water partition coefficient (Wildman–Crippen LogP) is 2.41. The van der Waals surface area contributed by atoms with Gasteiger partial charge in [0, 0.05) is 7.05 Å². The number of carbonyl (C=O) groups excluding carboxylic acids is 1. The summed E-state index contributed by atoms with van der Waals surface area (Å²) in [6, 6.07) is 9.25. The van der Waals surface area contributed by atoms with Gasteiger partial charge >= 0.3 is 0 Å². The Morgan fingerprint density at radius 2 is 2.25 bits per heavy atom. The largest absolute Gasteiger partial charge is 0.319 e. The molecular formula is C15H16N4O. The molecule has 1 N–H and O–H groups in total. The van der Waals surface area contributed by atoms with Crippen LogP contribution in [-0.2, 0) is 13.5 Å². The van der Waals surface area contributed by atoms with Gasteiger partial charge in [-0.2, -0.15) is 10.4 Å². The lowest BCUT2D eigenvalue weighted by molar-refractivity contribution is 0.101. The summed E-state index contributed by atoms with van der Waals surface area (Å²) >= 11 is 0. The number of rotatable bonds is 3. The fourth-order valence-corrected chi connectivity index (χ4v) is 2.02.